The fourth-order valence-corrected chi connectivity index (χ4v) is 4.32. The zero-order valence-electron chi connectivity index (χ0n) is 18.1. The summed E-state index contributed by atoms with van der Waals surface area (Å²) in [6.07, 6.45) is 5.23. The molecule has 1 atom stereocenters. The maximum atomic E-state index is 11.6. The van der Waals surface area contributed by atoms with Crippen LogP contribution >= 0.6 is 23.2 Å². The number of carbonyl (C=O) groups is 1. The molecule has 4 aromatic rings. The third-order valence-corrected chi connectivity index (χ3v) is 6.39. The van der Waals surface area contributed by atoms with E-state index < -0.39 is 5.97 Å². The number of carboxylic acid groups (broad SMARTS) is 1. The molecule has 4 rings (SSSR count). The Morgan fingerprint density at radius 2 is 1.82 bits per heavy atom. The topological polar surface area (TPSA) is 50.2 Å². The largest absolute Gasteiger partial charge is 0.478 e. The molecular formula is C28H23Cl2NO2. The minimum Gasteiger partial charge on any atom is -0.478 e. The van der Waals surface area contributed by atoms with Gasteiger partial charge in [0, 0.05) is 10.4 Å². The Morgan fingerprint density at radius 3 is 2.64 bits per heavy atom. The van der Waals surface area contributed by atoms with E-state index in [1.165, 1.54) is 0 Å². The average molecular weight is 476 g/mol. The monoisotopic (exact) mass is 475 g/mol. The van der Waals surface area contributed by atoms with Crippen LogP contribution in [0.3, 0.4) is 0 Å². The lowest BCUT2D eigenvalue weighted by molar-refractivity contribution is 0.0695. The SMILES string of the molecule is Cc1cccc(C(=O)O)c1CC[C@H](Cl)c1cccc(C=Cc2ccc3ccc(Cl)cc3n2)c1. The van der Waals surface area contributed by atoms with E-state index >= 15 is 0 Å². The number of nitrogens with zero attached hydrogens (tertiary/aromatic N) is 1. The second kappa shape index (κ2) is 10.2. The zero-order chi connectivity index (χ0) is 23.4. The lowest BCUT2D eigenvalue weighted by Gasteiger charge is -2.14. The molecule has 1 heterocycles. The Morgan fingerprint density at radius 1 is 1.03 bits per heavy atom. The van der Waals surface area contributed by atoms with Crippen LogP contribution in [-0.4, -0.2) is 16.1 Å². The molecule has 3 aromatic carbocycles. The fraction of sp³-hybridized carbons (Fsp3) is 0.143. The number of benzene rings is 3. The highest BCUT2D eigenvalue weighted by atomic mass is 35.5. The van der Waals surface area contributed by atoms with Gasteiger partial charge in [0.25, 0.3) is 0 Å². The molecule has 166 valence electrons. The first-order valence-electron chi connectivity index (χ1n) is 10.7. The van der Waals surface area contributed by atoms with E-state index in [-0.39, 0.29) is 5.38 Å². The van der Waals surface area contributed by atoms with Gasteiger partial charge in [0.05, 0.1) is 22.2 Å². The number of aromatic nitrogens is 1. The molecule has 0 aliphatic rings. The Hall–Kier alpha value is -3.14. The van der Waals surface area contributed by atoms with Crippen molar-refractivity contribution >= 4 is 52.2 Å². The number of fused-ring (bicyclic) bond motifs is 1. The van der Waals surface area contributed by atoms with E-state index in [9.17, 15) is 9.90 Å². The molecule has 0 fully saturated rings. The number of hydrogen-bond donors (Lipinski definition) is 1. The van der Waals surface area contributed by atoms with E-state index in [1.54, 1.807) is 12.1 Å². The van der Waals surface area contributed by atoms with Gasteiger partial charge in [-0.3, -0.25) is 0 Å². The van der Waals surface area contributed by atoms with Gasteiger partial charge in [-0.25, -0.2) is 9.78 Å². The Bertz CT molecular complexity index is 1350. The first-order valence-corrected chi connectivity index (χ1v) is 11.5. The van der Waals surface area contributed by atoms with Gasteiger partial charge in [-0.2, -0.15) is 0 Å². The van der Waals surface area contributed by atoms with Crippen molar-refractivity contribution in [1.82, 2.24) is 4.98 Å². The predicted octanol–water partition coefficient (Wildman–Crippen LogP) is 7.98. The third-order valence-electron chi connectivity index (χ3n) is 5.68. The van der Waals surface area contributed by atoms with Crippen LogP contribution < -0.4 is 0 Å². The lowest BCUT2D eigenvalue weighted by atomic mass is 9.95. The summed E-state index contributed by atoms with van der Waals surface area (Å²) in [6.45, 7) is 1.94. The van der Waals surface area contributed by atoms with Gasteiger partial charge in [0.1, 0.15) is 0 Å². The standard InChI is InChI=1S/C28H23Cl2NO2/c1-18-4-2-7-25(28(32)33)24(18)14-15-26(30)21-6-3-5-19(16-21)8-12-23-13-10-20-9-11-22(29)17-27(20)31-23/h2-13,16-17,26H,14-15H2,1H3,(H,32,33)/t26-/m0/s1. The highest BCUT2D eigenvalue weighted by Crippen LogP contribution is 2.29. The average Bonchev–Trinajstić information content (AvgIpc) is 2.81. The van der Waals surface area contributed by atoms with Crippen molar-refractivity contribution in [2.45, 2.75) is 25.1 Å². The number of aryl methyl sites for hydroxylation is 1. The van der Waals surface area contributed by atoms with Crippen molar-refractivity contribution in [2.24, 2.45) is 0 Å². The number of halogens is 2. The number of rotatable bonds is 7. The summed E-state index contributed by atoms with van der Waals surface area (Å²) < 4.78 is 0. The van der Waals surface area contributed by atoms with E-state index in [0.717, 1.165) is 38.9 Å². The summed E-state index contributed by atoms with van der Waals surface area (Å²) >= 11 is 12.8. The van der Waals surface area contributed by atoms with Gasteiger partial charge in [0.2, 0.25) is 0 Å². The highest BCUT2D eigenvalue weighted by Gasteiger charge is 2.15. The third kappa shape index (κ3) is 5.62. The molecule has 1 N–H and O–H groups in total. The summed E-state index contributed by atoms with van der Waals surface area (Å²) in [5.74, 6) is -0.906. The summed E-state index contributed by atoms with van der Waals surface area (Å²) in [5, 5.41) is 11.0. The van der Waals surface area contributed by atoms with Crippen LogP contribution in [0.5, 0.6) is 0 Å². The van der Waals surface area contributed by atoms with Crippen molar-refractivity contribution in [1.29, 1.82) is 0 Å². The van der Waals surface area contributed by atoms with Crippen LogP contribution in [0.4, 0.5) is 0 Å². The van der Waals surface area contributed by atoms with E-state index in [1.807, 2.05) is 73.7 Å². The summed E-state index contributed by atoms with van der Waals surface area (Å²) in [6, 6.07) is 23.1. The normalized spacial score (nSPS) is 12.3. The van der Waals surface area contributed by atoms with Crippen LogP contribution in [0.25, 0.3) is 23.1 Å². The van der Waals surface area contributed by atoms with Gasteiger partial charge in [-0.1, -0.05) is 66.2 Å². The summed E-state index contributed by atoms with van der Waals surface area (Å²) in [7, 11) is 0. The molecule has 0 radical (unpaired) electrons. The van der Waals surface area contributed by atoms with Gasteiger partial charge in [0.15, 0.2) is 0 Å². The van der Waals surface area contributed by atoms with Crippen LogP contribution in [-0.2, 0) is 6.42 Å². The fourth-order valence-electron chi connectivity index (χ4n) is 3.91. The smallest absolute Gasteiger partial charge is 0.335 e. The van der Waals surface area contributed by atoms with E-state index in [0.29, 0.717) is 23.4 Å². The molecule has 0 bridgehead atoms. The minimum absolute atomic E-state index is 0.222. The van der Waals surface area contributed by atoms with Gasteiger partial charge >= 0.3 is 5.97 Å². The lowest BCUT2D eigenvalue weighted by Crippen LogP contribution is -2.05. The molecular weight excluding hydrogens is 453 g/mol. The first-order chi connectivity index (χ1) is 15.9. The maximum absolute atomic E-state index is 11.6. The number of hydrogen-bond acceptors (Lipinski definition) is 2. The molecule has 5 heteroatoms. The Kier molecular flexibility index (Phi) is 7.12. The molecule has 0 spiro atoms. The second-order valence-corrected chi connectivity index (χ2v) is 8.95. The molecule has 0 unspecified atom stereocenters. The zero-order valence-corrected chi connectivity index (χ0v) is 19.6. The maximum Gasteiger partial charge on any atom is 0.335 e. The van der Waals surface area contributed by atoms with E-state index in [2.05, 4.69) is 11.1 Å². The van der Waals surface area contributed by atoms with Gasteiger partial charge in [-0.05, 0) is 72.4 Å². The summed E-state index contributed by atoms with van der Waals surface area (Å²) in [4.78, 5) is 16.2. The molecule has 0 aliphatic carbocycles. The van der Waals surface area contributed by atoms with Gasteiger partial charge in [-0.15, -0.1) is 11.6 Å². The molecule has 3 nitrogen and oxygen atoms in total. The molecule has 0 saturated heterocycles. The Labute approximate surface area is 203 Å². The number of pyridine rings is 1. The molecule has 33 heavy (non-hydrogen) atoms. The number of carboxylic acids is 1. The van der Waals surface area contributed by atoms with Crippen molar-refractivity contribution in [3.05, 3.63) is 111 Å². The number of aromatic carboxylic acids is 1. The first kappa shape index (κ1) is 23.0. The van der Waals surface area contributed by atoms with E-state index in [4.69, 9.17) is 23.2 Å². The van der Waals surface area contributed by atoms with Crippen LogP contribution in [0, 0.1) is 6.92 Å². The van der Waals surface area contributed by atoms with Crippen LogP contribution in [0.15, 0.2) is 72.8 Å². The van der Waals surface area contributed by atoms with Gasteiger partial charge < -0.3 is 5.11 Å². The van der Waals surface area contributed by atoms with Crippen molar-refractivity contribution < 1.29 is 9.90 Å². The number of alkyl halides is 1. The molecule has 1 aromatic heterocycles. The predicted molar refractivity (Wildman–Crippen MR) is 137 cm³/mol. The molecule has 0 saturated carbocycles. The van der Waals surface area contributed by atoms with Crippen molar-refractivity contribution in [3.8, 4) is 0 Å². The highest BCUT2D eigenvalue weighted by molar-refractivity contribution is 6.31. The van der Waals surface area contributed by atoms with Crippen molar-refractivity contribution in [3.63, 3.8) is 0 Å². The molecule has 0 amide bonds. The van der Waals surface area contributed by atoms with Crippen LogP contribution in [0.2, 0.25) is 5.02 Å². The Balaban J connectivity index is 1.48. The quantitative estimate of drug-likeness (QED) is 0.275. The summed E-state index contributed by atoms with van der Waals surface area (Å²) in [5.41, 5.74) is 5.89. The van der Waals surface area contributed by atoms with Crippen molar-refractivity contribution in [2.75, 3.05) is 0 Å². The minimum atomic E-state index is -0.906. The van der Waals surface area contributed by atoms with Crippen LogP contribution in [0.1, 0.15) is 50.1 Å². The second-order valence-electron chi connectivity index (χ2n) is 7.99. The molecule has 0 aliphatic heterocycles.